The molecule has 1 aliphatic carbocycles. The number of halogens is 3. The molecule has 1 atom stereocenters. The second kappa shape index (κ2) is 8.01. The lowest BCUT2D eigenvalue weighted by atomic mass is 9.93. The Hall–Kier alpha value is -2.61. The van der Waals surface area contributed by atoms with Crippen molar-refractivity contribution in [3.8, 4) is 0 Å². The molecule has 33 heavy (non-hydrogen) atoms. The second-order valence-electron chi connectivity index (χ2n) is 8.91. The maximum absolute atomic E-state index is 14.7. The molecule has 1 saturated carbocycles. The highest BCUT2D eigenvalue weighted by Gasteiger charge is 2.41. The molecular weight excluding hydrogens is 466 g/mol. The maximum atomic E-state index is 14.7. The number of carbonyl (C=O) groups is 1. The van der Waals surface area contributed by atoms with Crippen molar-refractivity contribution in [1.29, 1.82) is 0 Å². The van der Waals surface area contributed by atoms with Crippen LogP contribution in [0.1, 0.15) is 42.6 Å². The highest BCUT2D eigenvalue weighted by Crippen LogP contribution is 2.42. The molecule has 1 unspecified atom stereocenters. The largest absolute Gasteiger partial charge is 0.374 e. The normalized spacial score (nSPS) is 18.8. The zero-order valence-corrected chi connectivity index (χ0v) is 19.5. The van der Waals surface area contributed by atoms with E-state index in [1.165, 1.54) is 6.07 Å². The van der Waals surface area contributed by atoms with Crippen LogP contribution in [0.25, 0.3) is 10.8 Å². The number of nitrogens with zero attached hydrogens (tertiary/aromatic N) is 1. The van der Waals surface area contributed by atoms with Crippen molar-refractivity contribution in [3.05, 3.63) is 73.4 Å². The number of hydrogen-bond acceptors (Lipinski definition) is 4. The lowest BCUT2D eigenvalue weighted by molar-refractivity contribution is -0.131. The van der Waals surface area contributed by atoms with Crippen LogP contribution in [0.4, 0.5) is 10.1 Å². The van der Waals surface area contributed by atoms with Gasteiger partial charge in [0.15, 0.2) is 0 Å². The van der Waals surface area contributed by atoms with E-state index < -0.39 is 11.4 Å². The number of anilines is 1. The predicted molar refractivity (Wildman–Crippen MR) is 128 cm³/mol. The van der Waals surface area contributed by atoms with E-state index in [4.69, 9.17) is 28.9 Å². The molecule has 6 nitrogen and oxygen atoms in total. The molecule has 9 heteroatoms. The van der Waals surface area contributed by atoms with Crippen molar-refractivity contribution < 1.29 is 9.18 Å². The highest BCUT2D eigenvalue weighted by atomic mass is 35.5. The first-order chi connectivity index (χ1) is 15.7. The molecule has 4 N–H and O–H groups in total. The number of aromatic amines is 1. The van der Waals surface area contributed by atoms with Gasteiger partial charge in [0.25, 0.3) is 5.56 Å². The van der Waals surface area contributed by atoms with Crippen LogP contribution in [0, 0.1) is 5.82 Å². The van der Waals surface area contributed by atoms with Gasteiger partial charge in [-0.15, -0.1) is 0 Å². The Balaban J connectivity index is 1.36. The summed E-state index contributed by atoms with van der Waals surface area (Å²) in [5, 5.41) is 4.82. The summed E-state index contributed by atoms with van der Waals surface area (Å²) in [4.78, 5) is 29.9. The lowest BCUT2D eigenvalue weighted by Gasteiger charge is -2.36. The molecule has 172 valence electrons. The summed E-state index contributed by atoms with van der Waals surface area (Å²) < 4.78 is 14.7. The number of rotatable bonds is 4. The Morgan fingerprint density at radius 1 is 1.27 bits per heavy atom. The van der Waals surface area contributed by atoms with E-state index >= 15 is 0 Å². The fourth-order valence-corrected chi connectivity index (χ4v) is 5.30. The number of pyridine rings is 1. The molecule has 1 aliphatic heterocycles. The quantitative estimate of drug-likeness (QED) is 0.504. The van der Waals surface area contributed by atoms with E-state index in [9.17, 15) is 14.0 Å². The van der Waals surface area contributed by atoms with Crippen LogP contribution in [-0.2, 0) is 16.8 Å². The average molecular weight is 489 g/mol. The zero-order chi connectivity index (χ0) is 23.5. The van der Waals surface area contributed by atoms with E-state index in [0.717, 1.165) is 24.0 Å². The van der Waals surface area contributed by atoms with Crippen LogP contribution in [0.15, 0.2) is 35.1 Å². The first-order valence-electron chi connectivity index (χ1n) is 10.8. The fourth-order valence-electron chi connectivity index (χ4n) is 4.61. The number of hydrogen-bond donors (Lipinski definition) is 3. The number of aromatic nitrogens is 1. The van der Waals surface area contributed by atoms with Crippen molar-refractivity contribution in [2.24, 2.45) is 5.73 Å². The third-order valence-electron chi connectivity index (χ3n) is 6.69. The molecule has 2 heterocycles. The molecule has 1 aromatic heterocycles. The summed E-state index contributed by atoms with van der Waals surface area (Å²) in [6, 6.07) is 7.85. The number of fused-ring (bicyclic) bond motifs is 2. The number of benzene rings is 2. The van der Waals surface area contributed by atoms with Crippen molar-refractivity contribution in [2.75, 3.05) is 18.4 Å². The van der Waals surface area contributed by atoms with Gasteiger partial charge in [-0.05, 0) is 73.0 Å². The summed E-state index contributed by atoms with van der Waals surface area (Å²) in [7, 11) is 0. The van der Waals surface area contributed by atoms with Gasteiger partial charge in [0.1, 0.15) is 5.82 Å². The molecule has 0 bridgehead atoms. The molecule has 0 saturated heterocycles. The molecule has 1 amide bonds. The van der Waals surface area contributed by atoms with Crippen molar-refractivity contribution in [2.45, 2.75) is 37.8 Å². The Labute approximate surface area is 199 Å². The van der Waals surface area contributed by atoms with Crippen molar-refractivity contribution in [1.82, 2.24) is 9.88 Å². The SMILES string of the molecule is CC1c2c(Cl)cc(Cl)cc2CCN1C(=O)CNc1cc2cc(C3(N)CC3)[nH]c(=O)c2cc1F. The van der Waals surface area contributed by atoms with E-state index in [2.05, 4.69) is 10.3 Å². The van der Waals surface area contributed by atoms with Gasteiger partial charge >= 0.3 is 0 Å². The zero-order valence-electron chi connectivity index (χ0n) is 18.0. The third kappa shape index (κ3) is 3.98. The van der Waals surface area contributed by atoms with E-state index in [0.29, 0.717) is 34.1 Å². The Bertz CT molecular complexity index is 1350. The van der Waals surface area contributed by atoms with Crippen LogP contribution < -0.4 is 16.6 Å². The van der Waals surface area contributed by atoms with Gasteiger partial charge < -0.3 is 20.9 Å². The third-order valence-corrected chi connectivity index (χ3v) is 7.23. The van der Waals surface area contributed by atoms with Gasteiger partial charge in [0, 0.05) is 22.3 Å². The molecule has 0 spiro atoms. The van der Waals surface area contributed by atoms with Gasteiger partial charge in [-0.3, -0.25) is 9.59 Å². The Morgan fingerprint density at radius 2 is 2.03 bits per heavy atom. The number of nitrogens with two attached hydrogens (primary N) is 1. The average Bonchev–Trinajstić information content (AvgIpc) is 3.51. The lowest BCUT2D eigenvalue weighted by Crippen LogP contribution is -2.42. The van der Waals surface area contributed by atoms with E-state index in [-0.39, 0.29) is 35.1 Å². The first kappa shape index (κ1) is 22.2. The Kier molecular flexibility index (Phi) is 5.39. The Morgan fingerprint density at radius 3 is 2.76 bits per heavy atom. The number of carbonyl (C=O) groups excluding carboxylic acids is 1. The van der Waals surface area contributed by atoms with Crippen molar-refractivity contribution in [3.63, 3.8) is 0 Å². The summed E-state index contributed by atoms with van der Waals surface area (Å²) in [5.41, 5.74) is 8.05. The topological polar surface area (TPSA) is 91.2 Å². The second-order valence-corrected chi connectivity index (χ2v) is 9.76. The van der Waals surface area contributed by atoms with Crippen LogP contribution in [0.2, 0.25) is 10.0 Å². The molecule has 3 aromatic rings. The fraction of sp³-hybridized carbons (Fsp3) is 0.333. The minimum absolute atomic E-state index is 0.0931. The van der Waals surface area contributed by atoms with E-state index in [1.54, 1.807) is 23.1 Å². The minimum atomic E-state index is -0.600. The van der Waals surface area contributed by atoms with Gasteiger partial charge in [-0.25, -0.2) is 4.39 Å². The monoisotopic (exact) mass is 488 g/mol. The van der Waals surface area contributed by atoms with Crippen LogP contribution in [0.3, 0.4) is 0 Å². The molecule has 5 rings (SSSR count). The van der Waals surface area contributed by atoms with Crippen LogP contribution >= 0.6 is 23.2 Å². The van der Waals surface area contributed by atoms with Crippen LogP contribution in [0.5, 0.6) is 0 Å². The summed E-state index contributed by atoms with van der Waals surface area (Å²) in [6.45, 7) is 2.34. The standard InChI is InChI=1S/C24H23Cl2FN4O2/c1-12-22-13(6-15(25)9-17(22)26)2-5-31(12)21(32)11-29-19-7-14-8-20(24(28)3-4-24)30-23(33)16(14)10-18(19)27/h6-10,12,29H,2-5,11,28H2,1H3,(H,30,33). The number of amides is 1. The maximum Gasteiger partial charge on any atom is 0.256 e. The molecular formula is C24H23Cl2FN4O2. The smallest absolute Gasteiger partial charge is 0.256 e. The first-order valence-corrected chi connectivity index (χ1v) is 11.6. The molecule has 0 radical (unpaired) electrons. The van der Waals surface area contributed by atoms with Crippen molar-refractivity contribution >= 4 is 45.6 Å². The number of nitrogens with one attached hydrogen (secondary N) is 2. The highest BCUT2D eigenvalue weighted by molar-refractivity contribution is 6.35. The van der Waals surface area contributed by atoms with Gasteiger partial charge in [0.05, 0.1) is 29.2 Å². The number of H-pyrrole nitrogens is 1. The van der Waals surface area contributed by atoms with Crippen LogP contribution in [-0.4, -0.2) is 28.9 Å². The van der Waals surface area contributed by atoms with E-state index in [1.807, 2.05) is 13.0 Å². The van der Waals surface area contributed by atoms with Gasteiger partial charge in [-0.2, -0.15) is 0 Å². The molecule has 2 aromatic carbocycles. The molecule has 2 aliphatic rings. The van der Waals surface area contributed by atoms with Gasteiger partial charge in [0.2, 0.25) is 5.91 Å². The summed E-state index contributed by atoms with van der Waals surface area (Å²) >= 11 is 12.5. The summed E-state index contributed by atoms with van der Waals surface area (Å²) in [6.07, 6.45) is 2.23. The predicted octanol–water partition coefficient (Wildman–Crippen LogP) is 4.48. The van der Waals surface area contributed by atoms with Gasteiger partial charge in [-0.1, -0.05) is 23.2 Å². The molecule has 1 fully saturated rings. The minimum Gasteiger partial charge on any atom is -0.374 e. The summed E-state index contributed by atoms with van der Waals surface area (Å²) in [5.74, 6) is -0.777.